The van der Waals surface area contributed by atoms with E-state index in [1.807, 2.05) is 21.1 Å². The summed E-state index contributed by atoms with van der Waals surface area (Å²) >= 11 is 0. The number of quaternary nitrogens is 2. The van der Waals surface area contributed by atoms with Gasteiger partial charge >= 0.3 is 8.80 Å². The zero-order valence-electron chi connectivity index (χ0n) is 26.4. The summed E-state index contributed by atoms with van der Waals surface area (Å²) in [4.78, 5) is 20.9. The molecule has 0 unspecified atom stereocenters. The standard InChI is InChI=1S/C30H68N2O5Si/c1-7-8-9-10-11-12-13-14-15-16-17-18-19-20-21-22-24-32(5,6)25-23-26-38(35,36)37-29-30(27-33,28-34)31(2,3)4/h33-36H,7-29H2,1-6H3/q+2. The molecule has 0 saturated heterocycles. The summed E-state index contributed by atoms with van der Waals surface area (Å²) in [5.74, 6) is 0. The van der Waals surface area contributed by atoms with Gasteiger partial charge in [-0.1, -0.05) is 96.8 Å². The molecule has 0 saturated carbocycles. The molecule has 230 valence electrons. The molecule has 0 radical (unpaired) electrons. The first kappa shape index (κ1) is 37.9. The molecule has 0 heterocycles. The van der Waals surface area contributed by atoms with Crippen molar-refractivity contribution in [3.8, 4) is 0 Å². The highest BCUT2D eigenvalue weighted by Crippen LogP contribution is 2.21. The van der Waals surface area contributed by atoms with Crippen molar-refractivity contribution in [2.24, 2.45) is 0 Å². The van der Waals surface area contributed by atoms with Crippen LogP contribution in [-0.2, 0) is 4.43 Å². The summed E-state index contributed by atoms with van der Waals surface area (Å²) < 4.78 is 6.67. The van der Waals surface area contributed by atoms with E-state index in [2.05, 4.69) is 21.0 Å². The molecule has 38 heavy (non-hydrogen) atoms. The molecule has 0 aromatic rings. The second kappa shape index (κ2) is 20.8. The van der Waals surface area contributed by atoms with E-state index >= 15 is 0 Å². The summed E-state index contributed by atoms with van der Waals surface area (Å²) in [6.45, 7) is 3.59. The molecule has 0 spiro atoms. The van der Waals surface area contributed by atoms with Gasteiger partial charge in [0.05, 0.1) is 54.9 Å². The molecule has 0 rings (SSSR count). The fourth-order valence-corrected chi connectivity index (χ4v) is 6.28. The van der Waals surface area contributed by atoms with Gasteiger partial charge in [-0.05, 0) is 12.8 Å². The Hall–Kier alpha value is -0.0631. The Kier molecular flexibility index (Phi) is 20.7. The highest BCUT2D eigenvalue weighted by molar-refractivity contribution is 6.57. The van der Waals surface area contributed by atoms with E-state index in [-0.39, 0.29) is 30.3 Å². The lowest BCUT2D eigenvalue weighted by molar-refractivity contribution is -0.925. The summed E-state index contributed by atoms with van der Waals surface area (Å²) in [7, 11) is 6.14. The second-order valence-electron chi connectivity index (χ2n) is 13.4. The van der Waals surface area contributed by atoms with Crippen molar-refractivity contribution < 1.29 is 33.2 Å². The summed E-state index contributed by atoms with van der Waals surface area (Å²) in [5.41, 5.74) is -0.966. The fourth-order valence-electron chi connectivity index (χ4n) is 5.02. The normalized spacial score (nSPS) is 13.4. The lowest BCUT2D eigenvalue weighted by Crippen LogP contribution is -2.65. The average Bonchev–Trinajstić information content (AvgIpc) is 2.83. The largest absolute Gasteiger partial charge is 0.495 e. The van der Waals surface area contributed by atoms with Crippen LogP contribution in [0.4, 0.5) is 0 Å². The number of hydrogen-bond donors (Lipinski definition) is 4. The molecule has 0 aliphatic heterocycles. The molecular weight excluding hydrogens is 496 g/mol. The smallest absolute Gasteiger partial charge is 0.390 e. The number of nitrogens with zero attached hydrogens (tertiary/aromatic N) is 2. The molecule has 7 nitrogen and oxygen atoms in total. The van der Waals surface area contributed by atoms with Gasteiger partial charge in [-0.25, -0.2) is 0 Å². The Morgan fingerprint density at radius 1 is 0.579 bits per heavy atom. The van der Waals surface area contributed by atoms with E-state index in [4.69, 9.17) is 4.43 Å². The third-order valence-corrected chi connectivity index (χ3v) is 10.1. The van der Waals surface area contributed by atoms with Crippen LogP contribution in [0.25, 0.3) is 0 Å². The number of rotatable bonds is 27. The lowest BCUT2D eigenvalue weighted by atomic mass is 9.99. The lowest BCUT2D eigenvalue weighted by Gasteiger charge is -2.44. The van der Waals surface area contributed by atoms with Gasteiger partial charge in [0, 0.05) is 12.5 Å². The Labute approximate surface area is 237 Å². The van der Waals surface area contributed by atoms with E-state index in [9.17, 15) is 19.8 Å². The topological polar surface area (TPSA) is 90.2 Å². The SMILES string of the molecule is CCCCCCCCCCCCCCCCCC[N+](C)(C)CCC[Si](O)(O)OCC(CO)(CO)[N+](C)(C)C. The van der Waals surface area contributed by atoms with Gasteiger partial charge in [-0.15, -0.1) is 0 Å². The van der Waals surface area contributed by atoms with Gasteiger partial charge in [0.25, 0.3) is 0 Å². The summed E-state index contributed by atoms with van der Waals surface area (Å²) in [6.07, 6.45) is 22.7. The van der Waals surface area contributed by atoms with Crippen LogP contribution in [0.5, 0.6) is 0 Å². The Balaban J connectivity index is 3.84. The highest BCUT2D eigenvalue weighted by Gasteiger charge is 2.46. The molecule has 0 aromatic heterocycles. The molecule has 0 aliphatic carbocycles. The van der Waals surface area contributed by atoms with Crippen molar-refractivity contribution in [1.82, 2.24) is 0 Å². The van der Waals surface area contributed by atoms with Crippen LogP contribution in [-0.4, -0.2) is 111 Å². The van der Waals surface area contributed by atoms with Crippen molar-refractivity contribution in [2.75, 3.05) is 68.1 Å². The van der Waals surface area contributed by atoms with E-state index < -0.39 is 14.3 Å². The Morgan fingerprint density at radius 2 is 0.947 bits per heavy atom. The fraction of sp³-hybridized carbons (Fsp3) is 1.00. The Morgan fingerprint density at radius 3 is 1.32 bits per heavy atom. The maximum absolute atomic E-state index is 10.5. The number of aliphatic hydroxyl groups excluding tert-OH is 2. The monoisotopic (exact) mass is 564 g/mol. The third-order valence-electron chi connectivity index (χ3n) is 8.47. The minimum absolute atomic E-state index is 0.0832. The first-order valence-corrected chi connectivity index (χ1v) is 17.8. The van der Waals surface area contributed by atoms with Crippen LogP contribution in [0.15, 0.2) is 0 Å². The quantitative estimate of drug-likeness (QED) is 0.0634. The van der Waals surface area contributed by atoms with E-state index in [0.29, 0.717) is 6.42 Å². The zero-order chi connectivity index (χ0) is 29.0. The number of likely N-dealkylation sites (N-methyl/N-ethyl adjacent to an activating group) is 1. The van der Waals surface area contributed by atoms with Crippen LogP contribution in [0.1, 0.15) is 116 Å². The average molecular weight is 565 g/mol. The maximum Gasteiger partial charge on any atom is 0.495 e. The highest BCUT2D eigenvalue weighted by atomic mass is 28.4. The van der Waals surface area contributed by atoms with Gasteiger partial charge < -0.3 is 33.2 Å². The molecule has 4 N–H and O–H groups in total. The van der Waals surface area contributed by atoms with Crippen molar-refractivity contribution in [1.29, 1.82) is 0 Å². The minimum Gasteiger partial charge on any atom is -0.390 e. The van der Waals surface area contributed by atoms with E-state index in [1.165, 1.54) is 103 Å². The first-order chi connectivity index (χ1) is 17.8. The Bertz CT molecular complexity index is 551. The van der Waals surface area contributed by atoms with Gasteiger partial charge in [0.2, 0.25) is 0 Å². The first-order valence-electron chi connectivity index (χ1n) is 15.8. The van der Waals surface area contributed by atoms with Crippen molar-refractivity contribution >= 4 is 8.80 Å². The van der Waals surface area contributed by atoms with Crippen LogP contribution >= 0.6 is 0 Å². The van der Waals surface area contributed by atoms with Gasteiger partial charge in [-0.3, -0.25) is 0 Å². The van der Waals surface area contributed by atoms with E-state index in [1.54, 1.807) is 0 Å². The molecule has 0 aromatic carbocycles. The maximum atomic E-state index is 10.5. The molecule has 0 bridgehead atoms. The van der Waals surface area contributed by atoms with Crippen molar-refractivity contribution in [3.05, 3.63) is 0 Å². The summed E-state index contributed by atoms with van der Waals surface area (Å²) in [5, 5.41) is 19.6. The van der Waals surface area contributed by atoms with Gasteiger partial charge in [0.1, 0.15) is 13.2 Å². The summed E-state index contributed by atoms with van der Waals surface area (Å²) in [6, 6.07) is 0.234. The number of aliphatic hydroxyl groups is 2. The molecule has 0 fully saturated rings. The zero-order valence-corrected chi connectivity index (χ0v) is 27.4. The van der Waals surface area contributed by atoms with Crippen molar-refractivity contribution in [2.45, 2.75) is 128 Å². The number of unbranched alkanes of at least 4 members (excludes halogenated alkanes) is 15. The molecule has 8 heteroatoms. The van der Waals surface area contributed by atoms with Crippen LogP contribution in [0.3, 0.4) is 0 Å². The van der Waals surface area contributed by atoms with Gasteiger partial charge in [-0.2, -0.15) is 0 Å². The number of hydrogen-bond acceptors (Lipinski definition) is 5. The minimum atomic E-state index is -3.84. The van der Waals surface area contributed by atoms with Crippen LogP contribution in [0.2, 0.25) is 6.04 Å². The molecule has 0 aliphatic rings. The molecule has 0 atom stereocenters. The van der Waals surface area contributed by atoms with Crippen molar-refractivity contribution in [3.63, 3.8) is 0 Å². The second-order valence-corrected chi connectivity index (χ2v) is 15.6. The van der Waals surface area contributed by atoms with Gasteiger partial charge in [0.15, 0.2) is 5.54 Å². The van der Waals surface area contributed by atoms with Crippen LogP contribution < -0.4 is 0 Å². The van der Waals surface area contributed by atoms with E-state index in [0.717, 1.165) is 17.6 Å². The predicted octanol–water partition coefficient (Wildman–Crippen LogP) is 5.08. The third kappa shape index (κ3) is 18.3. The molecular formula is C30H68N2O5Si+2. The predicted molar refractivity (Wildman–Crippen MR) is 162 cm³/mol. The van der Waals surface area contributed by atoms with Crippen LogP contribution in [0, 0.1) is 0 Å². The molecule has 0 amide bonds.